The van der Waals surface area contributed by atoms with Crippen molar-refractivity contribution in [3.05, 3.63) is 60.4 Å². The van der Waals surface area contributed by atoms with E-state index in [1.807, 2.05) is 18.2 Å². The van der Waals surface area contributed by atoms with Gasteiger partial charge in [-0.2, -0.15) is 0 Å². The lowest BCUT2D eigenvalue weighted by Crippen LogP contribution is -2.43. The zero-order chi connectivity index (χ0) is 19.7. The van der Waals surface area contributed by atoms with Crippen LogP contribution in [0.4, 0.5) is 15.8 Å². The smallest absolute Gasteiger partial charge is 0.208 e. The van der Waals surface area contributed by atoms with E-state index in [1.54, 1.807) is 13.1 Å². The summed E-state index contributed by atoms with van der Waals surface area (Å²) in [4.78, 5) is 2.39. The first-order chi connectivity index (χ1) is 13.5. The first kappa shape index (κ1) is 18.7. The number of sulfone groups is 1. The van der Waals surface area contributed by atoms with E-state index < -0.39 is 15.7 Å². The first-order valence-corrected chi connectivity index (χ1v) is 10.7. The molecule has 5 nitrogen and oxygen atoms in total. The molecule has 1 saturated heterocycles. The number of hydrogen-bond donors (Lipinski definition) is 2. The Morgan fingerprint density at radius 3 is 2.46 bits per heavy atom. The number of benzene rings is 3. The minimum Gasteiger partial charge on any atom is -0.387 e. The molecule has 0 amide bonds. The van der Waals surface area contributed by atoms with Crippen LogP contribution in [0.15, 0.2) is 64.4 Å². The lowest BCUT2D eigenvalue weighted by Gasteiger charge is -2.30. The van der Waals surface area contributed by atoms with Crippen molar-refractivity contribution >= 4 is 32.0 Å². The summed E-state index contributed by atoms with van der Waals surface area (Å²) in [7, 11) is -2.15. The normalized spacial score (nSPS) is 15.0. The molecule has 28 heavy (non-hydrogen) atoms. The van der Waals surface area contributed by atoms with Gasteiger partial charge in [-0.3, -0.25) is 0 Å². The van der Waals surface area contributed by atoms with E-state index in [0.717, 1.165) is 48.7 Å². The molecule has 0 radical (unpaired) electrons. The van der Waals surface area contributed by atoms with Crippen molar-refractivity contribution in [1.82, 2.24) is 5.32 Å². The molecule has 146 valence electrons. The third kappa shape index (κ3) is 3.21. The Morgan fingerprint density at radius 1 is 1.00 bits per heavy atom. The van der Waals surface area contributed by atoms with E-state index >= 15 is 0 Å². The molecule has 7 heteroatoms. The molecule has 0 saturated carbocycles. The number of nitrogens with one attached hydrogen (secondary N) is 2. The molecule has 1 aliphatic rings. The summed E-state index contributed by atoms with van der Waals surface area (Å²) in [5.41, 5.74) is 1.61. The highest BCUT2D eigenvalue weighted by Crippen LogP contribution is 2.37. The summed E-state index contributed by atoms with van der Waals surface area (Å²) in [6, 6.07) is 14.5. The third-order valence-electron chi connectivity index (χ3n) is 5.10. The molecule has 0 spiro atoms. The molecule has 3 aromatic carbocycles. The summed E-state index contributed by atoms with van der Waals surface area (Å²) >= 11 is 0. The van der Waals surface area contributed by atoms with Crippen molar-refractivity contribution in [3.8, 4) is 0 Å². The maximum Gasteiger partial charge on any atom is 0.208 e. The third-order valence-corrected chi connectivity index (χ3v) is 6.90. The standard InChI is InChI=1S/C21H22FN3O2S/c1-23-21-18-6-3-7-19(25-12-10-24-11-13-25)17(18)8-9-20(21)28(26,27)16-5-2-4-15(22)14-16/h2-9,14,23-24H,10-13H2,1H3. The van der Waals surface area contributed by atoms with Gasteiger partial charge in [0.15, 0.2) is 0 Å². The van der Waals surface area contributed by atoms with Crippen molar-refractivity contribution in [2.45, 2.75) is 9.79 Å². The minimum absolute atomic E-state index is 0.0541. The van der Waals surface area contributed by atoms with Gasteiger partial charge in [0.05, 0.1) is 15.5 Å². The average Bonchev–Trinajstić information content (AvgIpc) is 2.73. The highest BCUT2D eigenvalue weighted by Gasteiger charge is 2.24. The molecular formula is C21H22FN3O2S. The molecule has 0 aliphatic carbocycles. The van der Waals surface area contributed by atoms with Gasteiger partial charge >= 0.3 is 0 Å². The van der Waals surface area contributed by atoms with Crippen LogP contribution in [0.25, 0.3) is 10.8 Å². The van der Waals surface area contributed by atoms with Gasteiger partial charge in [0.2, 0.25) is 9.84 Å². The summed E-state index contributed by atoms with van der Waals surface area (Å²) < 4.78 is 40.0. The van der Waals surface area contributed by atoms with E-state index in [-0.39, 0.29) is 9.79 Å². The van der Waals surface area contributed by atoms with Crippen LogP contribution in [0.5, 0.6) is 0 Å². The molecular weight excluding hydrogens is 377 g/mol. The van der Waals surface area contributed by atoms with Crippen molar-refractivity contribution in [3.63, 3.8) is 0 Å². The van der Waals surface area contributed by atoms with Gasteiger partial charge in [-0.25, -0.2) is 12.8 Å². The Bertz CT molecular complexity index is 1130. The maximum absolute atomic E-state index is 13.6. The van der Waals surface area contributed by atoms with Crippen LogP contribution in [-0.2, 0) is 9.84 Å². The Hall–Kier alpha value is -2.64. The molecule has 2 N–H and O–H groups in total. The number of halogens is 1. The van der Waals surface area contributed by atoms with Crippen LogP contribution in [0.2, 0.25) is 0 Å². The van der Waals surface area contributed by atoms with E-state index in [2.05, 4.69) is 21.6 Å². The average molecular weight is 399 g/mol. The van der Waals surface area contributed by atoms with Gasteiger partial charge in [-0.1, -0.05) is 24.3 Å². The summed E-state index contributed by atoms with van der Waals surface area (Å²) in [6.45, 7) is 3.64. The van der Waals surface area contributed by atoms with Crippen LogP contribution in [0, 0.1) is 5.82 Å². The number of nitrogens with zero attached hydrogens (tertiary/aromatic N) is 1. The van der Waals surface area contributed by atoms with Crippen molar-refractivity contribution in [2.24, 2.45) is 0 Å². The van der Waals surface area contributed by atoms with E-state index in [4.69, 9.17) is 0 Å². The van der Waals surface area contributed by atoms with Gasteiger partial charge in [0, 0.05) is 49.7 Å². The number of hydrogen-bond acceptors (Lipinski definition) is 5. The fourth-order valence-corrected chi connectivity index (χ4v) is 5.25. The second-order valence-electron chi connectivity index (χ2n) is 6.76. The van der Waals surface area contributed by atoms with Gasteiger partial charge in [-0.05, 0) is 30.3 Å². The predicted molar refractivity (Wildman–Crippen MR) is 110 cm³/mol. The van der Waals surface area contributed by atoms with Crippen molar-refractivity contribution in [1.29, 1.82) is 0 Å². The monoisotopic (exact) mass is 399 g/mol. The molecule has 0 aromatic heterocycles. The Labute approximate surface area is 164 Å². The highest BCUT2D eigenvalue weighted by molar-refractivity contribution is 7.91. The molecule has 3 aromatic rings. The zero-order valence-corrected chi connectivity index (χ0v) is 16.4. The molecule has 0 unspecified atom stereocenters. The van der Waals surface area contributed by atoms with E-state index in [9.17, 15) is 12.8 Å². The SMILES string of the molecule is CNc1c(S(=O)(=O)c2cccc(F)c2)ccc2c(N3CCNCC3)cccc12. The van der Waals surface area contributed by atoms with Crippen LogP contribution in [0.1, 0.15) is 0 Å². The van der Waals surface area contributed by atoms with Gasteiger partial charge < -0.3 is 15.5 Å². The maximum atomic E-state index is 13.6. The minimum atomic E-state index is -3.86. The predicted octanol–water partition coefficient (Wildman–Crippen LogP) is 3.26. The lowest BCUT2D eigenvalue weighted by atomic mass is 10.1. The quantitative estimate of drug-likeness (QED) is 0.705. The van der Waals surface area contributed by atoms with Crippen molar-refractivity contribution < 1.29 is 12.8 Å². The van der Waals surface area contributed by atoms with Crippen LogP contribution in [0.3, 0.4) is 0 Å². The Kier molecular flexibility index (Phi) is 4.95. The molecule has 4 rings (SSSR count). The first-order valence-electron chi connectivity index (χ1n) is 9.22. The topological polar surface area (TPSA) is 61.4 Å². The highest BCUT2D eigenvalue weighted by atomic mass is 32.2. The van der Waals surface area contributed by atoms with E-state index in [0.29, 0.717) is 5.69 Å². The lowest BCUT2D eigenvalue weighted by molar-refractivity contribution is 0.590. The number of fused-ring (bicyclic) bond motifs is 1. The molecule has 1 fully saturated rings. The van der Waals surface area contributed by atoms with Crippen LogP contribution >= 0.6 is 0 Å². The fourth-order valence-electron chi connectivity index (χ4n) is 3.75. The van der Waals surface area contributed by atoms with Crippen LogP contribution < -0.4 is 15.5 Å². The second kappa shape index (κ2) is 7.41. The number of rotatable bonds is 4. The molecule has 1 heterocycles. The largest absolute Gasteiger partial charge is 0.387 e. The number of anilines is 2. The van der Waals surface area contributed by atoms with Crippen molar-refractivity contribution in [2.75, 3.05) is 43.4 Å². The van der Waals surface area contributed by atoms with Crippen LogP contribution in [-0.4, -0.2) is 41.6 Å². The summed E-state index contributed by atoms with van der Waals surface area (Å²) in [5.74, 6) is -0.575. The Morgan fingerprint density at radius 2 is 1.75 bits per heavy atom. The van der Waals surface area contributed by atoms with Gasteiger partial charge in [0.1, 0.15) is 5.82 Å². The second-order valence-corrected chi connectivity index (χ2v) is 8.68. The molecule has 0 bridgehead atoms. The summed E-state index contributed by atoms with van der Waals surface area (Å²) in [6.07, 6.45) is 0. The van der Waals surface area contributed by atoms with E-state index in [1.165, 1.54) is 18.2 Å². The molecule has 1 aliphatic heterocycles. The number of piperazine rings is 1. The molecule has 0 atom stereocenters. The van der Waals surface area contributed by atoms with Gasteiger partial charge in [-0.15, -0.1) is 0 Å². The Balaban J connectivity index is 1.89. The van der Waals surface area contributed by atoms with Gasteiger partial charge in [0.25, 0.3) is 0 Å². The fraction of sp³-hybridized carbons (Fsp3) is 0.238. The zero-order valence-electron chi connectivity index (χ0n) is 15.6. The summed E-state index contributed by atoms with van der Waals surface area (Å²) in [5, 5.41) is 8.22.